The highest BCUT2D eigenvalue weighted by Crippen LogP contribution is 2.24. The molecule has 0 radical (unpaired) electrons. The van der Waals surface area contributed by atoms with Crippen LogP contribution in [-0.2, 0) is 6.54 Å². The van der Waals surface area contributed by atoms with Crippen molar-refractivity contribution < 1.29 is 0 Å². The zero-order valence-corrected chi connectivity index (χ0v) is 13.1. The topological polar surface area (TPSA) is 47.8 Å². The highest BCUT2D eigenvalue weighted by Gasteiger charge is 2.11. The highest BCUT2D eigenvalue weighted by atomic mass is 35.5. The summed E-state index contributed by atoms with van der Waals surface area (Å²) in [5.41, 5.74) is 2.58. The number of hydrogen-bond donors (Lipinski definition) is 0. The number of rotatable bonds is 3. The lowest BCUT2D eigenvalue weighted by Crippen LogP contribution is -2.13. The first-order valence-corrected chi connectivity index (χ1v) is 7.93. The van der Waals surface area contributed by atoms with Crippen molar-refractivity contribution in [2.75, 3.05) is 0 Å². The minimum absolute atomic E-state index is 0.0850. The van der Waals surface area contributed by atoms with Crippen molar-refractivity contribution in [2.45, 2.75) is 6.54 Å². The van der Waals surface area contributed by atoms with Crippen molar-refractivity contribution in [3.63, 3.8) is 0 Å². The molecule has 4 nitrogen and oxygen atoms in total. The SMILES string of the molecule is O=c1c(Cl)c(Cl)sn1Cc1ccc(-c2csnn2)cc1. The zero-order chi connectivity index (χ0) is 14.1. The molecule has 0 fully saturated rings. The van der Waals surface area contributed by atoms with Crippen LogP contribution in [0.3, 0.4) is 0 Å². The lowest BCUT2D eigenvalue weighted by atomic mass is 10.1. The summed E-state index contributed by atoms with van der Waals surface area (Å²) in [5, 5.41) is 5.98. The summed E-state index contributed by atoms with van der Waals surface area (Å²) in [6.45, 7) is 0.450. The first kappa shape index (κ1) is 13.8. The molecule has 0 aliphatic carbocycles. The van der Waals surface area contributed by atoms with E-state index in [0.717, 1.165) is 28.4 Å². The molecule has 3 aromatic rings. The van der Waals surface area contributed by atoms with Crippen LogP contribution < -0.4 is 5.56 Å². The Morgan fingerprint density at radius 3 is 2.50 bits per heavy atom. The van der Waals surface area contributed by atoms with Gasteiger partial charge in [0, 0.05) is 10.9 Å². The van der Waals surface area contributed by atoms with E-state index in [4.69, 9.17) is 23.2 Å². The summed E-state index contributed by atoms with van der Waals surface area (Å²) in [4.78, 5) is 11.8. The lowest BCUT2D eigenvalue weighted by molar-refractivity contribution is 0.850. The summed E-state index contributed by atoms with van der Waals surface area (Å²) < 4.78 is 5.68. The number of aromatic nitrogens is 3. The third-order valence-corrected chi connectivity index (χ3v) is 5.05. The smallest absolute Gasteiger partial charge is 0.267 e. The number of benzene rings is 1. The molecule has 0 aliphatic heterocycles. The Morgan fingerprint density at radius 2 is 1.95 bits per heavy atom. The monoisotopic (exact) mass is 343 g/mol. The van der Waals surface area contributed by atoms with Crippen molar-refractivity contribution >= 4 is 46.3 Å². The Labute approximate surface area is 132 Å². The van der Waals surface area contributed by atoms with Crippen LogP contribution in [0.5, 0.6) is 0 Å². The standard InChI is InChI=1S/C12H7Cl2N3OS2/c13-10-11(14)20-17(12(10)18)5-7-1-3-8(4-2-7)9-6-19-16-15-9/h1-4,6H,5H2. The minimum atomic E-state index is -0.255. The second kappa shape index (κ2) is 5.65. The van der Waals surface area contributed by atoms with Crippen LogP contribution >= 0.6 is 46.3 Å². The molecule has 102 valence electrons. The highest BCUT2D eigenvalue weighted by molar-refractivity contribution is 7.11. The van der Waals surface area contributed by atoms with Crippen molar-refractivity contribution in [1.29, 1.82) is 0 Å². The van der Waals surface area contributed by atoms with E-state index < -0.39 is 0 Å². The van der Waals surface area contributed by atoms with Crippen molar-refractivity contribution in [2.24, 2.45) is 0 Å². The maximum absolute atomic E-state index is 11.8. The van der Waals surface area contributed by atoms with Gasteiger partial charge in [0.25, 0.3) is 5.56 Å². The normalized spacial score (nSPS) is 10.9. The quantitative estimate of drug-likeness (QED) is 0.726. The fourth-order valence-corrected chi connectivity index (χ4v) is 3.51. The van der Waals surface area contributed by atoms with Crippen molar-refractivity contribution in [3.05, 3.63) is 54.9 Å². The van der Waals surface area contributed by atoms with E-state index in [9.17, 15) is 4.79 Å². The van der Waals surface area contributed by atoms with E-state index in [1.54, 1.807) is 0 Å². The van der Waals surface area contributed by atoms with E-state index in [1.807, 2.05) is 29.6 Å². The van der Waals surface area contributed by atoms with Gasteiger partial charge in [-0.3, -0.25) is 8.75 Å². The molecule has 0 spiro atoms. The summed E-state index contributed by atoms with van der Waals surface area (Å²) in [7, 11) is 0. The second-order valence-electron chi connectivity index (χ2n) is 4.01. The second-order valence-corrected chi connectivity index (χ2v) is 6.63. The maximum atomic E-state index is 11.8. The molecule has 0 unspecified atom stereocenters. The number of nitrogens with zero attached hydrogens (tertiary/aromatic N) is 3. The molecule has 0 atom stereocenters. The largest absolute Gasteiger partial charge is 0.281 e. The van der Waals surface area contributed by atoms with Crippen LogP contribution in [0.1, 0.15) is 5.56 Å². The molecule has 0 bridgehead atoms. The molecule has 3 rings (SSSR count). The molecule has 0 saturated heterocycles. The van der Waals surface area contributed by atoms with E-state index in [1.165, 1.54) is 15.5 Å². The van der Waals surface area contributed by atoms with Crippen LogP contribution in [0.15, 0.2) is 34.4 Å². The molecule has 0 aliphatic rings. The van der Waals surface area contributed by atoms with Crippen LogP contribution in [0.2, 0.25) is 9.36 Å². The van der Waals surface area contributed by atoms with E-state index >= 15 is 0 Å². The molecular formula is C12H7Cl2N3OS2. The van der Waals surface area contributed by atoms with E-state index in [2.05, 4.69) is 9.59 Å². The van der Waals surface area contributed by atoms with Gasteiger partial charge < -0.3 is 0 Å². The zero-order valence-electron chi connectivity index (χ0n) is 9.92. The average Bonchev–Trinajstić information content (AvgIpc) is 3.06. The lowest BCUT2D eigenvalue weighted by Gasteiger charge is -2.02. The van der Waals surface area contributed by atoms with Crippen LogP contribution in [-0.4, -0.2) is 13.5 Å². The minimum Gasteiger partial charge on any atom is -0.267 e. The van der Waals surface area contributed by atoms with Gasteiger partial charge in [-0.15, -0.1) is 5.10 Å². The van der Waals surface area contributed by atoms with Gasteiger partial charge >= 0.3 is 0 Å². The van der Waals surface area contributed by atoms with Gasteiger partial charge in [-0.2, -0.15) is 0 Å². The summed E-state index contributed by atoms with van der Waals surface area (Å²) in [5.74, 6) is 0. The van der Waals surface area contributed by atoms with Crippen LogP contribution in [0.4, 0.5) is 0 Å². The number of halogens is 2. The Hall–Kier alpha value is -1.21. The molecule has 2 heterocycles. The fourth-order valence-electron chi connectivity index (χ4n) is 1.71. The molecule has 1 aromatic carbocycles. The molecule has 0 amide bonds. The molecule has 2 aromatic heterocycles. The molecule has 0 N–H and O–H groups in total. The van der Waals surface area contributed by atoms with Gasteiger partial charge in [-0.25, -0.2) is 0 Å². The molecular weight excluding hydrogens is 337 g/mol. The van der Waals surface area contributed by atoms with E-state index in [-0.39, 0.29) is 10.6 Å². The van der Waals surface area contributed by atoms with Gasteiger partial charge in [0.05, 0.1) is 6.54 Å². The third kappa shape index (κ3) is 2.64. The van der Waals surface area contributed by atoms with Gasteiger partial charge in [0.2, 0.25) is 0 Å². The predicted octanol–water partition coefficient (Wildman–Crippen LogP) is 3.78. The average molecular weight is 344 g/mol. The van der Waals surface area contributed by atoms with Crippen LogP contribution in [0.25, 0.3) is 11.3 Å². The van der Waals surface area contributed by atoms with Gasteiger partial charge in [0.15, 0.2) is 0 Å². The first-order chi connectivity index (χ1) is 9.65. The summed E-state index contributed by atoms with van der Waals surface area (Å²) in [6.07, 6.45) is 0. The summed E-state index contributed by atoms with van der Waals surface area (Å²) in [6, 6.07) is 7.80. The Morgan fingerprint density at radius 1 is 1.20 bits per heavy atom. The fraction of sp³-hybridized carbons (Fsp3) is 0.0833. The predicted molar refractivity (Wildman–Crippen MR) is 83.0 cm³/mol. The van der Waals surface area contributed by atoms with Crippen LogP contribution in [0, 0.1) is 0 Å². The Bertz CT molecular complexity index is 778. The Balaban J connectivity index is 1.85. The number of hydrogen-bond acceptors (Lipinski definition) is 5. The molecule has 20 heavy (non-hydrogen) atoms. The van der Waals surface area contributed by atoms with E-state index in [0.29, 0.717) is 10.9 Å². The molecule has 0 saturated carbocycles. The van der Waals surface area contributed by atoms with Gasteiger partial charge in [-0.1, -0.05) is 52.0 Å². The maximum Gasteiger partial charge on any atom is 0.281 e. The van der Waals surface area contributed by atoms with Gasteiger partial charge in [0.1, 0.15) is 15.1 Å². The summed E-state index contributed by atoms with van der Waals surface area (Å²) >= 11 is 14.1. The Kier molecular flexibility index (Phi) is 3.89. The molecule has 8 heteroatoms. The van der Waals surface area contributed by atoms with Crippen molar-refractivity contribution in [1.82, 2.24) is 13.5 Å². The first-order valence-electron chi connectivity index (χ1n) is 5.56. The van der Waals surface area contributed by atoms with Gasteiger partial charge in [-0.05, 0) is 28.6 Å². The van der Waals surface area contributed by atoms with Crippen molar-refractivity contribution in [3.8, 4) is 11.3 Å². The third-order valence-electron chi connectivity index (χ3n) is 2.71.